The van der Waals surface area contributed by atoms with Crippen LogP contribution in [-0.2, 0) is 17.9 Å². The van der Waals surface area contributed by atoms with Crippen LogP contribution in [0.15, 0.2) is 114 Å². The summed E-state index contributed by atoms with van der Waals surface area (Å²) in [7, 11) is 0. The molecule has 0 unspecified atom stereocenters. The van der Waals surface area contributed by atoms with Gasteiger partial charge in [-0.15, -0.1) is 0 Å². The third-order valence-corrected chi connectivity index (χ3v) is 8.61. The summed E-state index contributed by atoms with van der Waals surface area (Å²) in [6, 6.07) is 33.4. The molecule has 1 fully saturated rings. The molecule has 1 aromatic heterocycles. The van der Waals surface area contributed by atoms with Crippen molar-refractivity contribution >= 4 is 51.9 Å². The quantitative estimate of drug-likeness (QED) is 0.131. The molecule has 1 aliphatic heterocycles. The van der Waals surface area contributed by atoms with Gasteiger partial charge in [-0.2, -0.15) is 5.10 Å². The molecule has 1 saturated heterocycles. The Morgan fingerprint density at radius 3 is 2.38 bits per heavy atom. The molecule has 0 N–H and O–H groups in total. The summed E-state index contributed by atoms with van der Waals surface area (Å²) in [4.78, 5) is 15.7. The van der Waals surface area contributed by atoms with Crippen LogP contribution in [0.3, 0.4) is 0 Å². The highest BCUT2D eigenvalue weighted by Gasteiger charge is 2.32. The largest absolute Gasteiger partial charge is 0.489 e. The van der Waals surface area contributed by atoms with E-state index in [0.717, 1.165) is 39.4 Å². The van der Waals surface area contributed by atoms with Crippen LogP contribution in [0.5, 0.6) is 5.75 Å². The van der Waals surface area contributed by atoms with Crippen LogP contribution in [0, 0.1) is 6.92 Å². The lowest BCUT2D eigenvalue weighted by molar-refractivity contribution is -0.122. The van der Waals surface area contributed by atoms with E-state index in [0.29, 0.717) is 27.4 Å². The van der Waals surface area contributed by atoms with Crippen molar-refractivity contribution in [1.82, 2.24) is 14.7 Å². The molecule has 5 nitrogen and oxygen atoms in total. The lowest BCUT2D eigenvalue weighted by atomic mass is 10.1. The Bertz CT molecular complexity index is 1780. The predicted molar refractivity (Wildman–Crippen MR) is 175 cm³/mol. The minimum Gasteiger partial charge on any atom is -0.489 e. The van der Waals surface area contributed by atoms with Crippen molar-refractivity contribution in [3.05, 3.63) is 142 Å². The summed E-state index contributed by atoms with van der Waals surface area (Å²) in [6.07, 6.45) is 3.83. The number of hydrogen-bond acceptors (Lipinski definition) is 5. The number of thiocarbonyl (C=S) groups is 1. The molecule has 0 radical (unpaired) electrons. The zero-order valence-corrected chi connectivity index (χ0v) is 25.1. The van der Waals surface area contributed by atoms with Crippen LogP contribution >= 0.6 is 35.6 Å². The Morgan fingerprint density at radius 1 is 0.929 bits per heavy atom. The number of carbonyl (C=O) groups is 1. The van der Waals surface area contributed by atoms with E-state index >= 15 is 0 Å². The predicted octanol–water partition coefficient (Wildman–Crippen LogP) is 8.48. The van der Waals surface area contributed by atoms with Crippen molar-refractivity contribution in [3.8, 4) is 22.7 Å². The number of amides is 1. The summed E-state index contributed by atoms with van der Waals surface area (Å²) in [5, 5.41) is 5.59. The molecule has 0 saturated carbocycles. The van der Waals surface area contributed by atoms with Crippen LogP contribution in [0.25, 0.3) is 23.0 Å². The topological polar surface area (TPSA) is 47.4 Å². The average Bonchev–Trinajstić information content (AvgIpc) is 3.55. The van der Waals surface area contributed by atoms with E-state index in [9.17, 15) is 4.79 Å². The van der Waals surface area contributed by atoms with Gasteiger partial charge in [0.05, 0.1) is 22.8 Å². The molecule has 1 aliphatic rings. The second kappa shape index (κ2) is 12.4. The number of thioether (sulfide) groups is 1. The van der Waals surface area contributed by atoms with E-state index in [-0.39, 0.29) is 5.91 Å². The molecule has 8 heteroatoms. The standard InChI is InChI=1S/C34H26ClN3O2S2/c1-23-11-13-24(14-12-23)20-37-33(39)31(42-34(37)41)19-27-21-38(28-8-3-2-4-9-28)36-32(27)25-15-17-29(18-16-25)40-22-26-7-5-6-10-30(26)35/h2-19,21H,20,22H2,1H3/b31-19+. The number of ether oxygens (including phenoxy) is 1. The zero-order chi connectivity index (χ0) is 29.1. The number of nitrogens with zero attached hydrogens (tertiary/aromatic N) is 3. The van der Waals surface area contributed by atoms with E-state index in [1.807, 2.05) is 127 Å². The van der Waals surface area contributed by atoms with E-state index in [1.54, 1.807) is 4.90 Å². The molecule has 4 aromatic carbocycles. The smallest absolute Gasteiger partial charge is 0.266 e. The minimum atomic E-state index is -0.104. The van der Waals surface area contributed by atoms with Gasteiger partial charge in [0.15, 0.2) is 0 Å². The van der Waals surface area contributed by atoms with Crippen LogP contribution in [-0.4, -0.2) is 24.9 Å². The van der Waals surface area contributed by atoms with Gasteiger partial charge in [-0.05, 0) is 61.0 Å². The molecule has 42 heavy (non-hydrogen) atoms. The Morgan fingerprint density at radius 2 is 1.64 bits per heavy atom. The first-order valence-electron chi connectivity index (χ1n) is 13.4. The molecule has 0 aliphatic carbocycles. The van der Waals surface area contributed by atoms with Gasteiger partial charge in [-0.25, -0.2) is 4.68 Å². The Hall–Kier alpha value is -4.17. The van der Waals surface area contributed by atoms with Gasteiger partial charge in [0.2, 0.25) is 0 Å². The first-order valence-corrected chi connectivity index (χ1v) is 15.0. The second-order valence-corrected chi connectivity index (χ2v) is 12.0. The minimum absolute atomic E-state index is 0.104. The molecule has 0 spiro atoms. The molecular weight excluding hydrogens is 582 g/mol. The number of halogens is 1. The number of aromatic nitrogens is 2. The third-order valence-electron chi connectivity index (χ3n) is 6.86. The number of carbonyl (C=O) groups excluding carboxylic acids is 1. The molecular formula is C34H26ClN3O2S2. The van der Waals surface area contributed by atoms with E-state index in [1.165, 1.54) is 17.3 Å². The fraction of sp³-hybridized carbons (Fsp3) is 0.0882. The SMILES string of the molecule is Cc1ccc(CN2C(=O)/C(=C\c3cn(-c4ccccc4)nc3-c3ccc(OCc4ccccc4Cl)cc3)SC2=S)cc1. The van der Waals surface area contributed by atoms with Crippen LogP contribution in [0.1, 0.15) is 22.3 Å². The summed E-state index contributed by atoms with van der Waals surface area (Å²) in [6.45, 7) is 2.85. The number of benzene rings is 4. The summed E-state index contributed by atoms with van der Waals surface area (Å²) < 4.78 is 8.35. The number of aryl methyl sites for hydroxylation is 1. The highest BCUT2D eigenvalue weighted by atomic mass is 35.5. The van der Waals surface area contributed by atoms with Crippen molar-refractivity contribution in [3.63, 3.8) is 0 Å². The summed E-state index contributed by atoms with van der Waals surface area (Å²) >= 11 is 13.2. The monoisotopic (exact) mass is 607 g/mol. The van der Waals surface area contributed by atoms with Gasteiger partial charge < -0.3 is 4.74 Å². The van der Waals surface area contributed by atoms with Crippen LogP contribution in [0.2, 0.25) is 5.02 Å². The maximum Gasteiger partial charge on any atom is 0.266 e. The molecule has 0 bridgehead atoms. The molecule has 6 rings (SSSR count). The van der Waals surface area contributed by atoms with Crippen molar-refractivity contribution in [2.45, 2.75) is 20.1 Å². The van der Waals surface area contributed by atoms with Gasteiger partial charge in [0.1, 0.15) is 16.7 Å². The van der Waals surface area contributed by atoms with E-state index < -0.39 is 0 Å². The average molecular weight is 608 g/mol. The Labute approximate surface area is 259 Å². The normalized spacial score (nSPS) is 14.1. The van der Waals surface area contributed by atoms with Crippen LogP contribution < -0.4 is 4.74 Å². The number of hydrogen-bond donors (Lipinski definition) is 0. The molecule has 0 atom stereocenters. The van der Waals surface area contributed by atoms with Gasteiger partial charge in [-0.3, -0.25) is 9.69 Å². The van der Waals surface area contributed by atoms with Crippen molar-refractivity contribution < 1.29 is 9.53 Å². The Kier molecular flexibility index (Phi) is 8.24. The maximum atomic E-state index is 13.5. The van der Waals surface area contributed by atoms with Crippen LogP contribution in [0.4, 0.5) is 0 Å². The molecule has 208 valence electrons. The fourth-order valence-electron chi connectivity index (χ4n) is 4.57. The number of para-hydroxylation sites is 1. The lowest BCUT2D eigenvalue weighted by Gasteiger charge is -2.14. The van der Waals surface area contributed by atoms with Crippen molar-refractivity contribution in [1.29, 1.82) is 0 Å². The first-order chi connectivity index (χ1) is 20.4. The van der Waals surface area contributed by atoms with Crippen molar-refractivity contribution in [2.75, 3.05) is 0 Å². The van der Waals surface area contributed by atoms with E-state index in [4.69, 9.17) is 33.7 Å². The maximum absolute atomic E-state index is 13.5. The van der Waals surface area contributed by atoms with Gasteiger partial charge in [0.25, 0.3) is 5.91 Å². The highest BCUT2D eigenvalue weighted by Crippen LogP contribution is 2.36. The van der Waals surface area contributed by atoms with Gasteiger partial charge >= 0.3 is 0 Å². The van der Waals surface area contributed by atoms with E-state index in [2.05, 4.69) is 0 Å². The summed E-state index contributed by atoms with van der Waals surface area (Å²) in [5.41, 5.74) is 6.52. The molecule has 1 amide bonds. The number of rotatable bonds is 8. The van der Waals surface area contributed by atoms with Gasteiger partial charge in [0, 0.05) is 27.9 Å². The lowest BCUT2D eigenvalue weighted by Crippen LogP contribution is -2.27. The molecule has 5 aromatic rings. The first kappa shape index (κ1) is 28.0. The van der Waals surface area contributed by atoms with Gasteiger partial charge in [-0.1, -0.05) is 102 Å². The Balaban J connectivity index is 1.28. The zero-order valence-electron chi connectivity index (χ0n) is 22.7. The fourth-order valence-corrected chi connectivity index (χ4v) is 6.01. The third kappa shape index (κ3) is 6.19. The highest BCUT2D eigenvalue weighted by molar-refractivity contribution is 8.26. The second-order valence-electron chi connectivity index (χ2n) is 9.87. The molecule has 2 heterocycles. The van der Waals surface area contributed by atoms with Crippen molar-refractivity contribution in [2.24, 2.45) is 0 Å². The summed E-state index contributed by atoms with van der Waals surface area (Å²) in [5.74, 6) is 0.618.